The number of aromatic nitrogens is 2. The van der Waals surface area contributed by atoms with Crippen LogP contribution in [0.3, 0.4) is 0 Å². The fourth-order valence-corrected chi connectivity index (χ4v) is 6.51. The van der Waals surface area contributed by atoms with Crippen LogP contribution in [0.2, 0.25) is 0 Å². The molecule has 1 aliphatic heterocycles. The average Bonchev–Trinajstić information content (AvgIpc) is 3.49. The number of ether oxygens (including phenoxy) is 4. The van der Waals surface area contributed by atoms with Crippen LogP contribution >= 0.6 is 0 Å². The number of carbonyl (C=O) groups is 1. The molecule has 3 N–H and O–H groups in total. The van der Waals surface area contributed by atoms with Crippen LogP contribution in [0.1, 0.15) is 60.6 Å². The lowest BCUT2D eigenvalue weighted by Crippen LogP contribution is -2.46. The van der Waals surface area contributed by atoms with Gasteiger partial charge in [0, 0.05) is 24.7 Å². The zero-order valence-corrected chi connectivity index (χ0v) is 30.2. The van der Waals surface area contributed by atoms with Gasteiger partial charge < -0.3 is 29.4 Å². The number of amides is 1. The number of aryl methyl sites for hydroxylation is 1. The van der Waals surface area contributed by atoms with Crippen molar-refractivity contribution >= 4 is 5.91 Å². The number of alkyl halides is 3. The first-order valence-electron chi connectivity index (χ1n) is 17.5. The molecule has 0 bridgehead atoms. The second-order valence-corrected chi connectivity index (χ2v) is 13.1. The van der Waals surface area contributed by atoms with Gasteiger partial charge in [0.25, 0.3) is 5.56 Å². The van der Waals surface area contributed by atoms with Gasteiger partial charge in [0.05, 0.1) is 26.9 Å². The Morgan fingerprint density at radius 1 is 0.944 bits per heavy atom. The van der Waals surface area contributed by atoms with E-state index in [9.17, 15) is 32.7 Å². The first kappa shape index (κ1) is 40.0. The first-order chi connectivity index (χ1) is 25.8. The summed E-state index contributed by atoms with van der Waals surface area (Å²) in [6.45, 7) is 1.23. The van der Waals surface area contributed by atoms with Crippen molar-refractivity contribution in [3.05, 3.63) is 140 Å². The highest BCUT2D eigenvalue weighted by Gasteiger charge is 2.50. The van der Waals surface area contributed by atoms with E-state index in [0.717, 1.165) is 16.7 Å². The number of nitrogens with one attached hydrogen (secondary N) is 2. The molecule has 0 aliphatic carbocycles. The third-order valence-corrected chi connectivity index (χ3v) is 9.48. The van der Waals surface area contributed by atoms with E-state index in [1.165, 1.54) is 10.8 Å². The molecule has 0 unspecified atom stereocenters. The molecule has 14 heteroatoms. The lowest BCUT2D eigenvalue weighted by atomic mass is 9.79. The van der Waals surface area contributed by atoms with Crippen LogP contribution in [0.15, 0.2) is 107 Å². The number of rotatable bonds is 16. The summed E-state index contributed by atoms with van der Waals surface area (Å²) in [6, 6.07) is 24.4. The van der Waals surface area contributed by atoms with Crippen LogP contribution in [0.4, 0.5) is 13.2 Å². The van der Waals surface area contributed by atoms with Crippen molar-refractivity contribution < 1.29 is 42.0 Å². The number of aromatic amines is 1. The minimum atomic E-state index is -4.93. The van der Waals surface area contributed by atoms with Gasteiger partial charge in [-0.3, -0.25) is 19.1 Å². The van der Waals surface area contributed by atoms with Gasteiger partial charge >= 0.3 is 17.8 Å². The Morgan fingerprint density at radius 2 is 1.54 bits per heavy atom. The Kier molecular flexibility index (Phi) is 12.8. The smallest absolute Gasteiger partial charge is 0.471 e. The van der Waals surface area contributed by atoms with Crippen LogP contribution < -0.4 is 26.0 Å². The van der Waals surface area contributed by atoms with Crippen LogP contribution in [-0.4, -0.2) is 65.8 Å². The molecule has 54 heavy (non-hydrogen) atoms. The molecule has 288 valence electrons. The van der Waals surface area contributed by atoms with E-state index in [0.29, 0.717) is 37.2 Å². The molecule has 3 atom stereocenters. The molecule has 1 fully saturated rings. The van der Waals surface area contributed by atoms with Gasteiger partial charge in [0.1, 0.15) is 28.9 Å². The number of benzene rings is 3. The van der Waals surface area contributed by atoms with Crippen molar-refractivity contribution in [2.24, 2.45) is 0 Å². The molecule has 11 nitrogen and oxygen atoms in total. The number of hydrogen-bond donors (Lipinski definition) is 3. The summed E-state index contributed by atoms with van der Waals surface area (Å²) in [5.41, 5.74) is -1.47. The Hall–Kier alpha value is -5.18. The molecular weight excluding hydrogens is 707 g/mol. The van der Waals surface area contributed by atoms with Crippen molar-refractivity contribution in [3.8, 4) is 11.5 Å². The van der Waals surface area contributed by atoms with Gasteiger partial charge in [0.15, 0.2) is 0 Å². The van der Waals surface area contributed by atoms with Gasteiger partial charge in [-0.25, -0.2) is 4.79 Å². The largest absolute Gasteiger partial charge is 0.497 e. The highest BCUT2D eigenvalue weighted by Crippen LogP contribution is 2.45. The maximum atomic E-state index is 12.9. The molecule has 4 aromatic rings. The molecule has 1 saturated heterocycles. The third kappa shape index (κ3) is 8.95. The zero-order chi connectivity index (χ0) is 38.9. The molecular formula is C40H44F3N3O8. The van der Waals surface area contributed by atoms with Crippen molar-refractivity contribution in [1.82, 2.24) is 14.9 Å². The summed E-state index contributed by atoms with van der Waals surface area (Å²) in [5, 5.41) is 13.7. The fourth-order valence-electron chi connectivity index (χ4n) is 6.51. The fraction of sp³-hybridized carbons (Fsp3) is 0.375. The zero-order valence-electron chi connectivity index (χ0n) is 30.2. The topological polar surface area (TPSA) is 141 Å². The summed E-state index contributed by atoms with van der Waals surface area (Å²) < 4.78 is 63.4. The monoisotopic (exact) mass is 751 g/mol. The highest BCUT2D eigenvalue weighted by atomic mass is 19.4. The number of hydrogen-bond acceptors (Lipinski definition) is 8. The van der Waals surface area contributed by atoms with Crippen LogP contribution in [0.25, 0.3) is 0 Å². The van der Waals surface area contributed by atoms with Crippen molar-refractivity contribution in [3.63, 3.8) is 0 Å². The van der Waals surface area contributed by atoms with Gasteiger partial charge in [-0.1, -0.05) is 73.2 Å². The number of H-pyrrole nitrogens is 1. The molecule has 2 heterocycles. The summed E-state index contributed by atoms with van der Waals surface area (Å²) in [6.07, 6.45) is -0.318. The minimum Gasteiger partial charge on any atom is -0.497 e. The molecule has 1 aliphatic rings. The Labute approximate surface area is 310 Å². The number of aliphatic hydroxyl groups is 1. The second-order valence-electron chi connectivity index (χ2n) is 13.1. The first-order valence-corrected chi connectivity index (χ1v) is 17.5. The normalized spacial score (nSPS) is 18.9. The van der Waals surface area contributed by atoms with Gasteiger partial charge in [-0.05, 0) is 67.1 Å². The third-order valence-electron chi connectivity index (χ3n) is 9.48. The minimum absolute atomic E-state index is 0.0125. The van der Waals surface area contributed by atoms with E-state index in [-0.39, 0.29) is 25.1 Å². The molecule has 3 aromatic carbocycles. The highest BCUT2D eigenvalue weighted by molar-refractivity contribution is 5.81. The Morgan fingerprint density at radius 3 is 2.11 bits per heavy atom. The summed E-state index contributed by atoms with van der Waals surface area (Å²) >= 11 is 0. The van der Waals surface area contributed by atoms with E-state index in [1.807, 2.05) is 84.2 Å². The number of carbonyl (C=O) groups excluding carboxylic acids is 1. The van der Waals surface area contributed by atoms with Gasteiger partial charge in [-0.2, -0.15) is 13.2 Å². The number of halogens is 3. The molecule has 0 radical (unpaired) electrons. The van der Waals surface area contributed by atoms with Gasteiger partial charge in [0.2, 0.25) is 0 Å². The molecule has 5 rings (SSSR count). The van der Waals surface area contributed by atoms with E-state index in [4.69, 9.17) is 18.9 Å². The standard InChI is InChI=1S/C40H44F3N3O8/c1-27-25-46(37(50)45-35(27)48)34-24-33(47)38(54-34,22-10-5-4-6-11-23-44-36(49)40(41,42)43)26-53-39(28-12-8-7-9-13-28,29-14-18-31(51-2)19-15-29)30-16-20-32(52-3)21-17-30/h7-10,12-22,25,33-34,47H,4-6,11,23-24,26H2,1-3H3,(H,44,49)(H,45,48,50)/b22-10+/t33-,34+,38+/m0/s1. The van der Waals surface area contributed by atoms with Crippen molar-refractivity contribution in [2.75, 3.05) is 27.4 Å². The quantitative estimate of drug-likeness (QED) is 0.0755. The summed E-state index contributed by atoms with van der Waals surface area (Å²) in [5.74, 6) is -0.702. The van der Waals surface area contributed by atoms with Crippen LogP contribution in [0.5, 0.6) is 11.5 Å². The lowest BCUT2D eigenvalue weighted by Gasteiger charge is -2.39. The van der Waals surface area contributed by atoms with E-state index in [1.54, 1.807) is 33.3 Å². The summed E-state index contributed by atoms with van der Waals surface area (Å²) in [4.78, 5) is 38.5. The van der Waals surface area contributed by atoms with Crippen molar-refractivity contribution in [1.29, 1.82) is 0 Å². The molecule has 0 saturated carbocycles. The average molecular weight is 752 g/mol. The number of allylic oxidation sites excluding steroid dienone is 1. The number of nitrogens with zero attached hydrogens (tertiary/aromatic N) is 1. The molecule has 1 aromatic heterocycles. The SMILES string of the molecule is COc1ccc(C(OC[C@@]2(/C=C/CCCCCNC(=O)C(F)(F)F)O[C@@H](n3cc(C)c(=O)[nH]c3=O)C[C@@H]2O)(c2ccccc2)c2ccc(OC)cc2)cc1. The predicted octanol–water partition coefficient (Wildman–Crippen LogP) is 5.68. The van der Waals surface area contributed by atoms with E-state index < -0.39 is 46.9 Å². The van der Waals surface area contributed by atoms with Crippen molar-refractivity contribution in [2.45, 2.75) is 68.7 Å². The van der Waals surface area contributed by atoms with Crippen LogP contribution in [-0.2, 0) is 19.9 Å². The number of aliphatic hydroxyl groups excluding tert-OH is 1. The molecule has 1 amide bonds. The summed E-state index contributed by atoms with van der Waals surface area (Å²) in [7, 11) is 3.15. The Bertz CT molecular complexity index is 1950. The number of unbranched alkanes of at least 4 members (excludes halogenated alkanes) is 3. The lowest BCUT2D eigenvalue weighted by molar-refractivity contribution is -0.173. The molecule has 0 spiro atoms. The van der Waals surface area contributed by atoms with E-state index >= 15 is 0 Å². The predicted molar refractivity (Wildman–Crippen MR) is 194 cm³/mol. The van der Waals surface area contributed by atoms with Crippen LogP contribution in [0, 0.1) is 6.92 Å². The second kappa shape index (κ2) is 17.3. The Balaban J connectivity index is 1.51. The van der Waals surface area contributed by atoms with E-state index in [2.05, 4.69) is 4.98 Å². The van der Waals surface area contributed by atoms with Gasteiger partial charge in [-0.15, -0.1) is 0 Å². The maximum Gasteiger partial charge on any atom is 0.471 e. The maximum absolute atomic E-state index is 12.9. The number of methoxy groups -OCH3 is 2.